The lowest BCUT2D eigenvalue weighted by atomic mass is 9.86. The van der Waals surface area contributed by atoms with E-state index in [-0.39, 0.29) is 11.3 Å². The molecule has 1 aromatic carbocycles. The molecule has 0 bridgehead atoms. The van der Waals surface area contributed by atoms with E-state index < -0.39 is 0 Å². The first-order valence-corrected chi connectivity index (χ1v) is 7.93. The van der Waals surface area contributed by atoms with Crippen molar-refractivity contribution in [3.8, 4) is 0 Å². The van der Waals surface area contributed by atoms with Crippen LogP contribution < -0.4 is 10.6 Å². The van der Waals surface area contributed by atoms with Crippen LogP contribution in [0.3, 0.4) is 0 Å². The molecular weight excluding hydrogens is 288 g/mol. The Labute approximate surface area is 136 Å². The third kappa shape index (κ3) is 3.86. The lowest BCUT2D eigenvalue weighted by Crippen LogP contribution is -2.19. The van der Waals surface area contributed by atoms with E-state index in [9.17, 15) is 4.79 Å². The predicted molar refractivity (Wildman–Crippen MR) is 91.8 cm³/mol. The van der Waals surface area contributed by atoms with E-state index in [0.29, 0.717) is 17.6 Å². The summed E-state index contributed by atoms with van der Waals surface area (Å²) in [4.78, 5) is 20.8. The number of aromatic nitrogens is 2. The van der Waals surface area contributed by atoms with Crippen molar-refractivity contribution < 1.29 is 4.79 Å². The number of hydrogen-bond acceptors (Lipinski definition) is 4. The molecule has 2 N–H and O–H groups in total. The van der Waals surface area contributed by atoms with Gasteiger partial charge in [0.2, 0.25) is 5.95 Å². The lowest BCUT2D eigenvalue weighted by molar-refractivity contribution is 0.102. The Balaban J connectivity index is 1.74. The van der Waals surface area contributed by atoms with Crippen molar-refractivity contribution in [2.24, 2.45) is 0 Å². The minimum atomic E-state index is -0.195. The highest BCUT2D eigenvalue weighted by Crippen LogP contribution is 2.29. The van der Waals surface area contributed by atoms with E-state index in [4.69, 9.17) is 0 Å². The fourth-order valence-electron chi connectivity index (χ4n) is 2.37. The van der Waals surface area contributed by atoms with Gasteiger partial charge in [0.15, 0.2) is 0 Å². The molecule has 0 atom stereocenters. The molecule has 2 aromatic rings. The van der Waals surface area contributed by atoms with Crippen molar-refractivity contribution >= 4 is 17.5 Å². The summed E-state index contributed by atoms with van der Waals surface area (Å²) >= 11 is 0. The standard InChI is InChI=1S/C18H22N4O/c1-18(2,3)14-6-4-5-7-15(14)22-16(23)12-10-19-17(20-11-12)21-13-8-9-13/h4-7,10-11,13H,8-9H2,1-3H3,(H,22,23)(H,19,20,21). The van der Waals surface area contributed by atoms with Crippen LogP contribution in [-0.4, -0.2) is 21.9 Å². The van der Waals surface area contributed by atoms with Gasteiger partial charge >= 0.3 is 0 Å². The van der Waals surface area contributed by atoms with Gasteiger partial charge in [0.1, 0.15) is 0 Å². The van der Waals surface area contributed by atoms with Gasteiger partial charge in [-0.05, 0) is 29.9 Å². The van der Waals surface area contributed by atoms with E-state index in [0.717, 1.165) is 24.1 Å². The molecule has 0 saturated heterocycles. The zero-order valence-corrected chi connectivity index (χ0v) is 13.8. The Bertz CT molecular complexity index is 700. The summed E-state index contributed by atoms with van der Waals surface area (Å²) in [5.41, 5.74) is 2.33. The minimum absolute atomic E-state index is 0.0432. The van der Waals surface area contributed by atoms with Gasteiger partial charge in [-0.2, -0.15) is 0 Å². The zero-order valence-electron chi connectivity index (χ0n) is 13.8. The molecular formula is C18H22N4O. The summed E-state index contributed by atoms with van der Waals surface area (Å²) in [6.07, 6.45) is 5.45. The molecule has 120 valence electrons. The second-order valence-electron chi connectivity index (χ2n) is 6.96. The van der Waals surface area contributed by atoms with E-state index in [1.807, 2.05) is 24.3 Å². The van der Waals surface area contributed by atoms with E-state index in [1.54, 1.807) is 12.4 Å². The summed E-state index contributed by atoms with van der Waals surface area (Å²) in [5.74, 6) is 0.388. The van der Waals surface area contributed by atoms with Gasteiger partial charge in [0.25, 0.3) is 5.91 Å². The number of carbonyl (C=O) groups is 1. The third-order valence-corrected chi connectivity index (χ3v) is 3.81. The molecule has 0 unspecified atom stereocenters. The third-order valence-electron chi connectivity index (χ3n) is 3.81. The first-order chi connectivity index (χ1) is 10.9. The molecule has 0 spiro atoms. The predicted octanol–water partition coefficient (Wildman–Crippen LogP) is 3.60. The van der Waals surface area contributed by atoms with Crippen molar-refractivity contribution in [3.05, 3.63) is 47.8 Å². The number of para-hydroxylation sites is 1. The highest BCUT2D eigenvalue weighted by atomic mass is 16.1. The molecule has 5 heteroatoms. The number of nitrogens with zero attached hydrogens (tertiary/aromatic N) is 2. The first kappa shape index (κ1) is 15.5. The second kappa shape index (κ2) is 5.99. The number of benzene rings is 1. The van der Waals surface area contributed by atoms with E-state index in [1.165, 1.54) is 0 Å². The summed E-state index contributed by atoms with van der Waals surface area (Å²) < 4.78 is 0. The fourth-order valence-corrected chi connectivity index (χ4v) is 2.37. The van der Waals surface area contributed by atoms with Crippen LogP contribution in [0.4, 0.5) is 11.6 Å². The molecule has 3 rings (SSSR count). The molecule has 1 aliphatic rings. The van der Waals surface area contributed by atoms with Crippen LogP contribution in [-0.2, 0) is 5.41 Å². The largest absolute Gasteiger partial charge is 0.351 e. The number of hydrogen-bond donors (Lipinski definition) is 2. The molecule has 1 heterocycles. The van der Waals surface area contributed by atoms with Crippen LogP contribution in [0, 0.1) is 0 Å². The molecule has 23 heavy (non-hydrogen) atoms. The van der Waals surface area contributed by atoms with Gasteiger partial charge in [-0.3, -0.25) is 4.79 Å². The van der Waals surface area contributed by atoms with Crippen molar-refractivity contribution in [2.45, 2.75) is 45.1 Å². The Kier molecular flexibility index (Phi) is 4.03. The summed E-state index contributed by atoms with van der Waals surface area (Å²) in [6, 6.07) is 8.35. The van der Waals surface area contributed by atoms with Crippen molar-refractivity contribution in [1.82, 2.24) is 9.97 Å². The van der Waals surface area contributed by atoms with Crippen molar-refractivity contribution in [3.63, 3.8) is 0 Å². The van der Waals surface area contributed by atoms with Crippen LogP contribution in [0.25, 0.3) is 0 Å². The second-order valence-corrected chi connectivity index (χ2v) is 6.96. The Morgan fingerprint density at radius 3 is 2.39 bits per heavy atom. The molecule has 1 saturated carbocycles. The maximum atomic E-state index is 12.4. The van der Waals surface area contributed by atoms with E-state index in [2.05, 4.69) is 41.4 Å². The number of anilines is 2. The van der Waals surface area contributed by atoms with Crippen molar-refractivity contribution in [1.29, 1.82) is 0 Å². The topological polar surface area (TPSA) is 66.9 Å². The SMILES string of the molecule is CC(C)(C)c1ccccc1NC(=O)c1cnc(NC2CC2)nc1. The summed E-state index contributed by atoms with van der Waals surface area (Å²) in [6.45, 7) is 6.37. The first-order valence-electron chi connectivity index (χ1n) is 7.93. The zero-order chi connectivity index (χ0) is 16.4. The summed E-state index contributed by atoms with van der Waals surface area (Å²) in [5, 5.41) is 6.17. The Morgan fingerprint density at radius 1 is 1.13 bits per heavy atom. The Hall–Kier alpha value is -2.43. The van der Waals surface area contributed by atoms with Gasteiger partial charge in [0.05, 0.1) is 5.56 Å². The maximum absolute atomic E-state index is 12.4. The smallest absolute Gasteiger partial charge is 0.258 e. The van der Waals surface area contributed by atoms with Gasteiger partial charge in [-0.1, -0.05) is 39.0 Å². The van der Waals surface area contributed by atoms with Gasteiger partial charge < -0.3 is 10.6 Å². The van der Waals surface area contributed by atoms with Gasteiger partial charge in [-0.15, -0.1) is 0 Å². The van der Waals surface area contributed by atoms with Crippen LogP contribution >= 0.6 is 0 Å². The van der Waals surface area contributed by atoms with Gasteiger partial charge in [0, 0.05) is 24.1 Å². The van der Waals surface area contributed by atoms with Crippen molar-refractivity contribution in [2.75, 3.05) is 10.6 Å². The number of rotatable bonds is 4. The number of nitrogens with one attached hydrogen (secondary N) is 2. The molecule has 1 aliphatic carbocycles. The summed E-state index contributed by atoms with van der Waals surface area (Å²) in [7, 11) is 0. The molecule has 1 fully saturated rings. The van der Waals surface area contributed by atoms with E-state index >= 15 is 0 Å². The average molecular weight is 310 g/mol. The van der Waals surface area contributed by atoms with Crippen LogP contribution in [0.1, 0.15) is 49.5 Å². The lowest BCUT2D eigenvalue weighted by Gasteiger charge is -2.22. The quantitative estimate of drug-likeness (QED) is 0.905. The maximum Gasteiger partial charge on any atom is 0.258 e. The molecule has 5 nitrogen and oxygen atoms in total. The minimum Gasteiger partial charge on any atom is -0.351 e. The normalized spacial score (nSPS) is 14.4. The number of amides is 1. The molecule has 0 radical (unpaired) electrons. The molecule has 0 aliphatic heterocycles. The molecule has 1 aromatic heterocycles. The monoisotopic (exact) mass is 310 g/mol. The average Bonchev–Trinajstić information content (AvgIpc) is 3.31. The molecule has 1 amide bonds. The number of carbonyl (C=O) groups excluding carboxylic acids is 1. The highest BCUT2D eigenvalue weighted by molar-refractivity contribution is 6.04. The van der Waals surface area contributed by atoms with Crippen LogP contribution in [0.15, 0.2) is 36.7 Å². The van der Waals surface area contributed by atoms with Gasteiger partial charge in [-0.25, -0.2) is 9.97 Å². The van der Waals surface area contributed by atoms with Crippen LogP contribution in [0.5, 0.6) is 0 Å². The highest BCUT2D eigenvalue weighted by Gasteiger charge is 2.22. The fraction of sp³-hybridized carbons (Fsp3) is 0.389. The van der Waals surface area contributed by atoms with Crippen LogP contribution in [0.2, 0.25) is 0 Å². The Morgan fingerprint density at radius 2 is 1.78 bits per heavy atom.